The molecule has 3 aromatic rings. The van der Waals surface area contributed by atoms with Crippen LogP contribution in [0.4, 0.5) is 5.69 Å². The molecular weight excluding hydrogens is 238 g/mol. The first-order valence-electron chi connectivity index (χ1n) is 5.95. The Morgan fingerprint density at radius 1 is 0.842 bits per heavy atom. The third-order valence-corrected chi connectivity index (χ3v) is 2.96. The van der Waals surface area contributed by atoms with E-state index < -0.39 is 0 Å². The van der Waals surface area contributed by atoms with Crippen LogP contribution in [0, 0.1) is 0 Å². The molecule has 0 spiro atoms. The number of hydrogen-bond donors (Lipinski definition) is 1. The molecule has 0 aromatic heterocycles. The molecule has 3 heteroatoms. The average Bonchev–Trinajstić information content (AvgIpc) is 2.47. The summed E-state index contributed by atoms with van der Waals surface area (Å²) in [7, 11) is 0. The van der Waals surface area contributed by atoms with Crippen LogP contribution in [0.2, 0.25) is 0 Å². The summed E-state index contributed by atoms with van der Waals surface area (Å²) in [5.41, 5.74) is 1.50. The number of hydrogen-bond acceptors (Lipinski definition) is 3. The van der Waals surface area contributed by atoms with E-state index in [1.807, 2.05) is 36.4 Å². The Hall–Kier alpha value is -2.68. The lowest BCUT2D eigenvalue weighted by Gasteiger charge is -2.07. The van der Waals surface area contributed by atoms with Crippen molar-refractivity contribution in [2.24, 2.45) is 4.99 Å². The fraction of sp³-hybridized carbons (Fsp3) is 0. The second kappa shape index (κ2) is 4.53. The largest absolute Gasteiger partial charge is 0.505 e. The average molecular weight is 249 g/mol. The highest BCUT2D eigenvalue weighted by atomic mass is 16.3. The summed E-state index contributed by atoms with van der Waals surface area (Å²) in [6.07, 6.45) is 0. The SMILES string of the molecule is O=c1c(-c2ccccc2)c(O)c1=Nc1ccccc1. The second-order valence-corrected chi connectivity index (χ2v) is 4.21. The molecule has 0 aliphatic rings. The van der Waals surface area contributed by atoms with Gasteiger partial charge in [0.25, 0.3) is 0 Å². The summed E-state index contributed by atoms with van der Waals surface area (Å²) in [5.74, 6) is -0.0277. The van der Waals surface area contributed by atoms with E-state index in [2.05, 4.69) is 4.99 Å². The number of aromatic hydroxyl groups is 1. The van der Waals surface area contributed by atoms with Gasteiger partial charge < -0.3 is 5.11 Å². The van der Waals surface area contributed by atoms with E-state index in [1.54, 1.807) is 24.3 Å². The molecule has 92 valence electrons. The minimum Gasteiger partial charge on any atom is -0.505 e. The van der Waals surface area contributed by atoms with Gasteiger partial charge in [-0.25, -0.2) is 4.99 Å². The Balaban J connectivity index is 2.09. The molecule has 0 unspecified atom stereocenters. The van der Waals surface area contributed by atoms with Crippen molar-refractivity contribution in [1.29, 1.82) is 0 Å². The lowest BCUT2D eigenvalue weighted by molar-refractivity contribution is 0.463. The van der Waals surface area contributed by atoms with Gasteiger partial charge in [-0.2, -0.15) is 0 Å². The third kappa shape index (κ3) is 1.95. The number of benzene rings is 2. The van der Waals surface area contributed by atoms with Crippen LogP contribution in [-0.4, -0.2) is 5.11 Å². The van der Waals surface area contributed by atoms with Gasteiger partial charge in [-0.3, -0.25) is 4.79 Å². The molecule has 0 saturated carbocycles. The van der Waals surface area contributed by atoms with E-state index in [4.69, 9.17) is 0 Å². The Bertz CT molecular complexity index is 783. The van der Waals surface area contributed by atoms with E-state index in [-0.39, 0.29) is 16.5 Å². The number of nitrogens with zero attached hydrogens (tertiary/aromatic N) is 1. The zero-order valence-electron chi connectivity index (χ0n) is 10.1. The number of para-hydroxylation sites is 1. The van der Waals surface area contributed by atoms with Gasteiger partial charge in [0.05, 0.1) is 11.3 Å². The Morgan fingerprint density at radius 2 is 1.42 bits per heavy atom. The molecule has 0 fully saturated rings. The van der Waals surface area contributed by atoms with Crippen molar-refractivity contribution in [1.82, 2.24) is 0 Å². The molecular formula is C16H11NO2. The van der Waals surface area contributed by atoms with Crippen LogP contribution in [0.3, 0.4) is 0 Å². The van der Waals surface area contributed by atoms with Gasteiger partial charge in [-0.05, 0) is 17.7 Å². The highest BCUT2D eigenvalue weighted by molar-refractivity contribution is 5.73. The van der Waals surface area contributed by atoms with Gasteiger partial charge in [-0.1, -0.05) is 48.5 Å². The summed E-state index contributed by atoms with van der Waals surface area (Å²) < 4.78 is 0. The topological polar surface area (TPSA) is 49.7 Å². The first kappa shape index (κ1) is 11.4. The van der Waals surface area contributed by atoms with E-state index >= 15 is 0 Å². The van der Waals surface area contributed by atoms with Gasteiger partial charge in [0.15, 0.2) is 11.1 Å². The molecule has 0 amide bonds. The molecule has 3 rings (SSSR count). The molecule has 3 aromatic carbocycles. The Morgan fingerprint density at radius 3 is 2.00 bits per heavy atom. The first-order chi connectivity index (χ1) is 9.27. The Labute approximate surface area is 109 Å². The zero-order valence-corrected chi connectivity index (χ0v) is 10.1. The lowest BCUT2D eigenvalue weighted by atomic mass is 10.00. The number of rotatable bonds is 2. The zero-order chi connectivity index (χ0) is 13.2. The highest BCUT2D eigenvalue weighted by Gasteiger charge is 2.19. The maximum atomic E-state index is 12.0. The van der Waals surface area contributed by atoms with Gasteiger partial charge in [0.1, 0.15) is 0 Å². The van der Waals surface area contributed by atoms with E-state index in [1.165, 1.54) is 0 Å². The fourth-order valence-electron chi connectivity index (χ4n) is 2.00. The van der Waals surface area contributed by atoms with Crippen LogP contribution in [0.15, 0.2) is 70.5 Å². The smallest absolute Gasteiger partial charge is 0.219 e. The van der Waals surface area contributed by atoms with Crippen molar-refractivity contribution >= 4 is 5.69 Å². The van der Waals surface area contributed by atoms with E-state index in [9.17, 15) is 9.90 Å². The summed E-state index contributed by atoms with van der Waals surface area (Å²) in [6, 6.07) is 18.2. The second-order valence-electron chi connectivity index (χ2n) is 4.21. The molecule has 0 aliphatic heterocycles. The normalized spacial score (nSPS) is 11.9. The summed E-state index contributed by atoms with van der Waals surface area (Å²) in [5, 5.41) is 10.1. The molecule has 0 saturated heterocycles. The minimum atomic E-state index is -0.215. The van der Waals surface area contributed by atoms with E-state index in [0.717, 1.165) is 5.56 Å². The molecule has 0 atom stereocenters. The van der Waals surface area contributed by atoms with Crippen LogP contribution < -0.4 is 10.8 Å². The summed E-state index contributed by atoms with van der Waals surface area (Å²) >= 11 is 0. The van der Waals surface area contributed by atoms with Crippen LogP contribution in [0.25, 0.3) is 11.1 Å². The van der Waals surface area contributed by atoms with Crippen molar-refractivity contribution < 1.29 is 5.11 Å². The summed E-state index contributed by atoms with van der Waals surface area (Å²) in [4.78, 5) is 16.2. The van der Waals surface area contributed by atoms with Crippen LogP contribution in [-0.2, 0) is 0 Å². The van der Waals surface area contributed by atoms with Gasteiger partial charge in [0, 0.05) is 0 Å². The van der Waals surface area contributed by atoms with Gasteiger partial charge in [-0.15, -0.1) is 0 Å². The monoisotopic (exact) mass is 249 g/mol. The predicted octanol–water partition coefficient (Wildman–Crippen LogP) is 2.53. The molecule has 0 aliphatic carbocycles. The quantitative estimate of drug-likeness (QED) is 0.758. The molecule has 1 N–H and O–H groups in total. The van der Waals surface area contributed by atoms with E-state index in [0.29, 0.717) is 11.3 Å². The van der Waals surface area contributed by atoms with Crippen molar-refractivity contribution in [3.8, 4) is 16.9 Å². The maximum Gasteiger partial charge on any atom is 0.219 e. The first-order valence-corrected chi connectivity index (χ1v) is 5.95. The van der Waals surface area contributed by atoms with Crippen LogP contribution in [0.1, 0.15) is 0 Å². The molecule has 19 heavy (non-hydrogen) atoms. The van der Waals surface area contributed by atoms with Gasteiger partial charge >= 0.3 is 0 Å². The molecule has 0 bridgehead atoms. The lowest BCUT2D eigenvalue weighted by Crippen LogP contribution is -2.33. The maximum absolute atomic E-state index is 12.0. The van der Waals surface area contributed by atoms with Crippen molar-refractivity contribution in [3.63, 3.8) is 0 Å². The summed E-state index contributed by atoms with van der Waals surface area (Å²) in [6.45, 7) is 0. The third-order valence-electron chi connectivity index (χ3n) is 2.96. The van der Waals surface area contributed by atoms with Crippen LogP contribution in [0.5, 0.6) is 5.75 Å². The fourth-order valence-corrected chi connectivity index (χ4v) is 2.00. The molecule has 0 heterocycles. The molecule has 3 nitrogen and oxygen atoms in total. The standard InChI is InChI=1S/C16H11NO2/c18-15-13(11-7-3-1-4-8-11)16(19)14(15)17-12-9-5-2-6-10-12/h1-10,18H. The van der Waals surface area contributed by atoms with Crippen LogP contribution >= 0.6 is 0 Å². The van der Waals surface area contributed by atoms with Gasteiger partial charge in [0.2, 0.25) is 5.43 Å². The van der Waals surface area contributed by atoms with Crippen molar-refractivity contribution in [2.75, 3.05) is 0 Å². The highest BCUT2D eigenvalue weighted by Crippen LogP contribution is 2.24. The minimum absolute atomic E-state index is 0.0277. The molecule has 0 radical (unpaired) electrons. The Kier molecular flexibility index (Phi) is 2.72. The van der Waals surface area contributed by atoms with Crippen molar-refractivity contribution in [3.05, 3.63) is 76.2 Å². The van der Waals surface area contributed by atoms with Crippen molar-refractivity contribution in [2.45, 2.75) is 0 Å². The predicted molar refractivity (Wildman–Crippen MR) is 73.8 cm³/mol.